The Bertz CT molecular complexity index is 1480. The van der Waals surface area contributed by atoms with Gasteiger partial charge in [-0.05, 0) is 69.9 Å². The van der Waals surface area contributed by atoms with E-state index in [1.807, 2.05) is 27.7 Å². The molecule has 1 aromatic carbocycles. The number of alkyl halides is 4. The van der Waals surface area contributed by atoms with E-state index >= 15 is 0 Å². The van der Waals surface area contributed by atoms with Crippen molar-refractivity contribution < 1.29 is 21.8 Å². The normalized spacial score (nSPS) is 15.3. The van der Waals surface area contributed by atoms with Gasteiger partial charge in [-0.25, -0.2) is 18.6 Å². The molecule has 0 aliphatic rings. The first-order valence-electron chi connectivity index (χ1n) is 10.7. The number of rotatable bonds is 4. The maximum absolute atomic E-state index is 14.5. The van der Waals surface area contributed by atoms with Crippen LogP contribution in [0.2, 0.25) is 0 Å². The second-order valence-electron chi connectivity index (χ2n) is 8.61. The predicted molar refractivity (Wildman–Crippen MR) is 123 cm³/mol. The number of hydrogen-bond acceptors (Lipinski definition) is 4. The smallest absolute Gasteiger partial charge is 0.253 e. The van der Waals surface area contributed by atoms with Gasteiger partial charge in [-0.2, -0.15) is 23.4 Å². The number of halogens is 4. The van der Waals surface area contributed by atoms with Crippen LogP contribution >= 0.6 is 0 Å². The van der Waals surface area contributed by atoms with Crippen molar-refractivity contribution >= 4 is 27.3 Å². The second kappa shape index (κ2) is 7.86. The highest BCUT2D eigenvalue weighted by atomic mass is 32.2. The highest BCUT2D eigenvalue weighted by Crippen LogP contribution is 2.42. The number of nitrogens with zero attached hydrogens (tertiary/aromatic N) is 5. The number of imidazole rings is 1. The summed E-state index contributed by atoms with van der Waals surface area (Å²) in [5.74, 6) is 0.617. The van der Waals surface area contributed by atoms with Crippen LogP contribution < -0.4 is 0 Å². The maximum atomic E-state index is 14.5. The van der Waals surface area contributed by atoms with E-state index < -0.39 is 28.2 Å². The molecule has 2 atom stereocenters. The minimum Gasteiger partial charge on any atom is -0.253 e. The summed E-state index contributed by atoms with van der Waals surface area (Å²) in [5, 5.41) is 10.0. The average molecular weight is 496 g/mol. The molecule has 0 bridgehead atoms. The SMILES string of the molecule is CCS(=O)c1c2c(C)c(C)c(C)c(C)c2nn1-c1nc2cc(C(C)(F)C(F)(F)F)cnn2c1C. The van der Waals surface area contributed by atoms with Crippen LogP contribution in [0.4, 0.5) is 17.6 Å². The van der Waals surface area contributed by atoms with Gasteiger partial charge in [-0.15, -0.1) is 0 Å². The van der Waals surface area contributed by atoms with E-state index in [0.29, 0.717) is 28.9 Å². The Hall–Kier alpha value is -2.82. The van der Waals surface area contributed by atoms with E-state index in [4.69, 9.17) is 5.10 Å². The van der Waals surface area contributed by atoms with Crippen LogP contribution in [-0.2, 0) is 16.5 Å². The van der Waals surface area contributed by atoms with Gasteiger partial charge in [0.25, 0.3) is 0 Å². The maximum Gasteiger partial charge on any atom is 0.426 e. The summed E-state index contributed by atoms with van der Waals surface area (Å²) in [5.41, 5.74) is 1.03. The highest BCUT2D eigenvalue weighted by Gasteiger charge is 2.53. The summed E-state index contributed by atoms with van der Waals surface area (Å²) in [7, 11) is -1.42. The molecule has 3 heterocycles. The monoisotopic (exact) mass is 495 g/mol. The molecule has 0 saturated carbocycles. The molecular weight excluding hydrogens is 470 g/mol. The van der Waals surface area contributed by atoms with Crippen molar-refractivity contribution in [3.8, 4) is 5.82 Å². The van der Waals surface area contributed by atoms with Crippen LogP contribution in [0, 0.1) is 34.6 Å². The van der Waals surface area contributed by atoms with E-state index in [9.17, 15) is 21.8 Å². The lowest BCUT2D eigenvalue weighted by Gasteiger charge is -2.23. The molecule has 2 unspecified atom stereocenters. The lowest BCUT2D eigenvalue weighted by Crippen LogP contribution is -2.35. The minimum absolute atomic E-state index is 0.0340. The van der Waals surface area contributed by atoms with Gasteiger partial charge in [-0.3, -0.25) is 4.21 Å². The van der Waals surface area contributed by atoms with Crippen LogP contribution in [0.1, 0.15) is 47.4 Å². The number of benzene rings is 1. The third-order valence-electron chi connectivity index (χ3n) is 6.69. The molecule has 0 fully saturated rings. The van der Waals surface area contributed by atoms with Crippen molar-refractivity contribution in [3.63, 3.8) is 0 Å². The molecular formula is C23H25F4N5OS. The lowest BCUT2D eigenvalue weighted by atomic mass is 9.96. The molecule has 0 amide bonds. The molecule has 4 aromatic rings. The molecule has 0 N–H and O–H groups in total. The average Bonchev–Trinajstić information content (AvgIpc) is 3.33. The molecule has 0 spiro atoms. The van der Waals surface area contributed by atoms with Gasteiger partial charge in [0.15, 0.2) is 11.5 Å². The van der Waals surface area contributed by atoms with Gasteiger partial charge in [0.2, 0.25) is 5.67 Å². The van der Waals surface area contributed by atoms with Crippen LogP contribution in [-0.4, -0.2) is 40.5 Å². The molecule has 0 saturated heterocycles. The predicted octanol–water partition coefficient (Wildman–Crippen LogP) is 5.48. The lowest BCUT2D eigenvalue weighted by molar-refractivity contribution is -0.228. The number of aryl methyl sites for hydroxylation is 3. The van der Waals surface area contributed by atoms with E-state index in [1.54, 1.807) is 13.8 Å². The van der Waals surface area contributed by atoms with Gasteiger partial charge in [0, 0.05) is 16.7 Å². The zero-order chi connectivity index (χ0) is 25.3. The molecule has 182 valence electrons. The Morgan fingerprint density at radius 1 is 1.00 bits per heavy atom. The Balaban J connectivity index is 2.05. The quantitative estimate of drug-likeness (QED) is 0.352. The van der Waals surface area contributed by atoms with Crippen LogP contribution in [0.3, 0.4) is 0 Å². The van der Waals surface area contributed by atoms with Gasteiger partial charge >= 0.3 is 6.18 Å². The second-order valence-corrected chi connectivity index (χ2v) is 10.3. The molecule has 0 aliphatic carbocycles. The fourth-order valence-corrected chi connectivity index (χ4v) is 5.15. The first-order valence-corrected chi connectivity index (χ1v) is 12.0. The molecule has 4 rings (SSSR count). The molecule has 0 radical (unpaired) electrons. The Labute approximate surface area is 196 Å². The van der Waals surface area contributed by atoms with Crippen molar-refractivity contribution in [1.29, 1.82) is 0 Å². The Morgan fingerprint density at radius 2 is 1.62 bits per heavy atom. The number of aromatic nitrogens is 5. The summed E-state index contributed by atoms with van der Waals surface area (Å²) in [6.07, 6.45) is -4.25. The Morgan fingerprint density at radius 3 is 2.21 bits per heavy atom. The Kier molecular flexibility index (Phi) is 5.62. The fourth-order valence-electron chi connectivity index (χ4n) is 4.08. The van der Waals surface area contributed by atoms with Crippen molar-refractivity contribution in [3.05, 3.63) is 45.8 Å². The van der Waals surface area contributed by atoms with Gasteiger partial charge < -0.3 is 0 Å². The first-order chi connectivity index (χ1) is 15.7. The highest BCUT2D eigenvalue weighted by molar-refractivity contribution is 7.85. The molecule has 0 aliphatic heterocycles. The van der Waals surface area contributed by atoms with Gasteiger partial charge in [0.1, 0.15) is 5.03 Å². The van der Waals surface area contributed by atoms with Crippen molar-refractivity contribution in [2.75, 3.05) is 5.75 Å². The largest absolute Gasteiger partial charge is 0.426 e. The topological polar surface area (TPSA) is 65.1 Å². The van der Waals surface area contributed by atoms with E-state index in [1.165, 1.54) is 9.20 Å². The number of hydrogen-bond donors (Lipinski definition) is 0. The third-order valence-corrected chi connectivity index (χ3v) is 8.02. The fraction of sp³-hybridized carbons (Fsp3) is 0.435. The summed E-state index contributed by atoms with van der Waals surface area (Å²) in [6, 6.07) is 1.03. The van der Waals surface area contributed by atoms with E-state index in [-0.39, 0.29) is 11.5 Å². The van der Waals surface area contributed by atoms with Crippen molar-refractivity contribution in [2.24, 2.45) is 0 Å². The van der Waals surface area contributed by atoms with Crippen molar-refractivity contribution in [2.45, 2.75) is 65.3 Å². The van der Waals surface area contributed by atoms with Gasteiger partial charge in [-0.1, -0.05) is 6.92 Å². The number of fused-ring (bicyclic) bond motifs is 2. The molecule has 34 heavy (non-hydrogen) atoms. The van der Waals surface area contributed by atoms with E-state index in [2.05, 4.69) is 10.1 Å². The van der Waals surface area contributed by atoms with Gasteiger partial charge in [0.05, 0.1) is 28.2 Å². The van der Waals surface area contributed by atoms with Crippen LogP contribution in [0.15, 0.2) is 17.3 Å². The van der Waals surface area contributed by atoms with E-state index in [0.717, 1.165) is 39.9 Å². The minimum atomic E-state index is -5.10. The standard InChI is InChI=1S/C23H25F4N5OS/c1-8-34(33)21-18-13(4)11(2)12(3)14(5)19(18)30-32(21)20-15(6)31-17(29-20)9-16(10-28-31)22(7,24)23(25,26)27/h9-10H,8H2,1-7H3. The molecule has 3 aromatic heterocycles. The summed E-state index contributed by atoms with van der Waals surface area (Å²) < 4.78 is 70.2. The molecule has 6 nitrogen and oxygen atoms in total. The summed E-state index contributed by atoms with van der Waals surface area (Å²) >= 11 is 0. The van der Waals surface area contributed by atoms with Crippen LogP contribution in [0.25, 0.3) is 22.4 Å². The van der Waals surface area contributed by atoms with Crippen LogP contribution in [0.5, 0.6) is 0 Å². The zero-order valence-electron chi connectivity index (χ0n) is 19.9. The molecule has 11 heteroatoms. The summed E-state index contributed by atoms with van der Waals surface area (Å²) in [4.78, 5) is 4.45. The first kappa shape index (κ1) is 24.3. The summed E-state index contributed by atoms with van der Waals surface area (Å²) in [6.45, 7) is 11.8. The third kappa shape index (κ3) is 3.35. The van der Waals surface area contributed by atoms with Crippen molar-refractivity contribution in [1.82, 2.24) is 24.4 Å². The zero-order valence-corrected chi connectivity index (χ0v) is 20.7.